The lowest BCUT2D eigenvalue weighted by Gasteiger charge is -2.38. The maximum Gasteiger partial charge on any atom is 0.271 e. The molecule has 1 aromatic rings. The number of benzene rings is 1. The summed E-state index contributed by atoms with van der Waals surface area (Å²) in [6.45, 7) is 7.68. The Kier molecular flexibility index (Phi) is 6.79. The number of anilines is 1. The van der Waals surface area contributed by atoms with E-state index in [-0.39, 0.29) is 41.5 Å². The van der Waals surface area contributed by atoms with E-state index in [1.54, 1.807) is 19.9 Å². The van der Waals surface area contributed by atoms with Gasteiger partial charge in [0.25, 0.3) is 5.91 Å². The maximum atomic E-state index is 13.4. The molecule has 29 heavy (non-hydrogen) atoms. The van der Waals surface area contributed by atoms with E-state index in [1.165, 1.54) is 30.3 Å². The summed E-state index contributed by atoms with van der Waals surface area (Å²) in [5.74, 6) is -1.32. The van der Waals surface area contributed by atoms with E-state index in [0.717, 1.165) is 6.07 Å². The Morgan fingerprint density at radius 1 is 1.48 bits per heavy atom. The molecule has 1 fully saturated rings. The number of ether oxygens (including phenoxy) is 1. The van der Waals surface area contributed by atoms with Gasteiger partial charge in [0, 0.05) is 18.9 Å². The highest BCUT2D eigenvalue weighted by Crippen LogP contribution is 2.21. The van der Waals surface area contributed by atoms with Gasteiger partial charge in [-0.2, -0.15) is 5.26 Å². The van der Waals surface area contributed by atoms with Crippen molar-refractivity contribution in [3.05, 3.63) is 53.0 Å². The highest BCUT2D eigenvalue weighted by Gasteiger charge is 2.38. The first-order valence-electron chi connectivity index (χ1n) is 8.76. The number of amides is 1. The number of carbonyl (C=O) groups excluding carboxylic acids is 1. The summed E-state index contributed by atoms with van der Waals surface area (Å²) in [6.07, 6.45) is 1.52. The molecular weight excluding hydrogens is 399 g/mol. The normalized spacial score (nSPS) is 15.8. The van der Waals surface area contributed by atoms with E-state index in [2.05, 4.69) is 16.6 Å². The van der Waals surface area contributed by atoms with E-state index in [4.69, 9.17) is 10.00 Å². The number of halogens is 1. The SMILES string of the molecule is C=C(C(=O)Nc1ccc(F)c(C#N)c1)N(C)/C=C(\CC)S(=O)(=O)NC1(C)COC1. The molecular formula is C19H23FN4O4S. The molecule has 1 aliphatic rings. The van der Waals surface area contributed by atoms with Gasteiger partial charge >= 0.3 is 0 Å². The van der Waals surface area contributed by atoms with Crippen molar-refractivity contribution in [2.24, 2.45) is 0 Å². The summed E-state index contributed by atoms with van der Waals surface area (Å²) >= 11 is 0. The van der Waals surface area contributed by atoms with E-state index in [1.807, 2.05) is 0 Å². The smallest absolute Gasteiger partial charge is 0.271 e. The Hall–Kier alpha value is -2.74. The summed E-state index contributed by atoms with van der Waals surface area (Å²) in [7, 11) is -2.29. The van der Waals surface area contributed by atoms with Crippen LogP contribution < -0.4 is 10.0 Å². The van der Waals surface area contributed by atoms with Crippen molar-refractivity contribution in [3.8, 4) is 6.07 Å². The number of nitrogens with one attached hydrogen (secondary N) is 2. The number of carbonyl (C=O) groups is 1. The first-order valence-corrected chi connectivity index (χ1v) is 10.2. The highest BCUT2D eigenvalue weighted by molar-refractivity contribution is 7.93. The summed E-state index contributed by atoms with van der Waals surface area (Å²) < 4.78 is 46.3. The molecule has 1 heterocycles. The third-order valence-electron chi connectivity index (χ3n) is 4.29. The molecule has 1 aliphatic heterocycles. The molecule has 10 heteroatoms. The van der Waals surface area contributed by atoms with Crippen LogP contribution in [-0.4, -0.2) is 45.0 Å². The number of nitriles is 1. The monoisotopic (exact) mass is 422 g/mol. The van der Waals surface area contributed by atoms with E-state index < -0.39 is 27.3 Å². The Morgan fingerprint density at radius 3 is 2.66 bits per heavy atom. The second-order valence-corrected chi connectivity index (χ2v) is 8.66. The molecule has 1 amide bonds. The fourth-order valence-electron chi connectivity index (χ4n) is 2.55. The Labute approximate surface area is 169 Å². The number of nitrogens with zero attached hydrogens (tertiary/aromatic N) is 2. The zero-order chi connectivity index (χ0) is 21.8. The third kappa shape index (κ3) is 5.41. The minimum atomic E-state index is -3.78. The average Bonchev–Trinajstić information content (AvgIpc) is 2.64. The van der Waals surface area contributed by atoms with Crippen molar-refractivity contribution in [3.63, 3.8) is 0 Å². The summed E-state index contributed by atoms with van der Waals surface area (Å²) in [6, 6.07) is 5.26. The van der Waals surface area contributed by atoms with Gasteiger partial charge in [-0.3, -0.25) is 4.79 Å². The van der Waals surface area contributed by atoms with Crippen molar-refractivity contribution < 1.29 is 22.3 Å². The van der Waals surface area contributed by atoms with Crippen molar-refractivity contribution in [2.75, 3.05) is 25.6 Å². The Bertz CT molecular complexity index is 994. The molecule has 0 saturated carbocycles. The predicted molar refractivity (Wildman–Crippen MR) is 106 cm³/mol. The van der Waals surface area contributed by atoms with Crippen LogP contribution in [0, 0.1) is 17.1 Å². The van der Waals surface area contributed by atoms with Gasteiger partial charge < -0.3 is 15.0 Å². The molecule has 0 aliphatic carbocycles. The molecule has 0 radical (unpaired) electrons. The van der Waals surface area contributed by atoms with Crippen LogP contribution in [0.1, 0.15) is 25.8 Å². The number of rotatable bonds is 8. The maximum absolute atomic E-state index is 13.4. The van der Waals surface area contributed by atoms with Crippen LogP contribution in [-0.2, 0) is 19.6 Å². The number of hydrogen-bond acceptors (Lipinski definition) is 6. The first kappa shape index (κ1) is 22.5. The van der Waals surface area contributed by atoms with Crippen molar-refractivity contribution in [1.29, 1.82) is 5.26 Å². The number of hydrogen-bond donors (Lipinski definition) is 2. The molecule has 156 valence electrons. The lowest BCUT2D eigenvalue weighted by atomic mass is 10.0. The minimum absolute atomic E-state index is 0.0350. The summed E-state index contributed by atoms with van der Waals surface area (Å²) in [5, 5.41) is 11.4. The number of likely N-dealkylation sites (N-methyl/N-ethyl adjacent to an activating group) is 1. The lowest BCUT2D eigenvalue weighted by molar-refractivity contribution is -0.113. The molecule has 0 unspecified atom stereocenters. The van der Waals surface area contributed by atoms with Crippen LogP contribution >= 0.6 is 0 Å². The van der Waals surface area contributed by atoms with Gasteiger partial charge in [-0.15, -0.1) is 0 Å². The van der Waals surface area contributed by atoms with E-state index in [9.17, 15) is 17.6 Å². The van der Waals surface area contributed by atoms with E-state index >= 15 is 0 Å². The summed E-state index contributed by atoms with van der Waals surface area (Å²) in [5.41, 5.74) is -0.678. The molecule has 0 bridgehead atoms. The largest absolute Gasteiger partial charge is 0.377 e. The van der Waals surface area contributed by atoms with Gasteiger partial charge in [-0.1, -0.05) is 13.5 Å². The molecule has 8 nitrogen and oxygen atoms in total. The highest BCUT2D eigenvalue weighted by atomic mass is 32.2. The van der Waals surface area contributed by atoms with Crippen LogP contribution in [0.5, 0.6) is 0 Å². The molecule has 1 aromatic carbocycles. The van der Waals surface area contributed by atoms with Gasteiger partial charge in [0.1, 0.15) is 11.9 Å². The van der Waals surface area contributed by atoms with Crippen molar-refractivity contribution >= 4 is 21.6 Å². The number of allylic oxidation sites excluding steroid dienone is 1. The van der Waals surface area contributed by atoms with Crippen LogP contribution in [0.4, 0.5) is 10.1 Å². The fraction of sp³-hybridized carbons (Fsp3) is 0.368. The lowest BCUT2D eigenvalue weighted by Crippen LogP contribution is -2.59. The molecule has 0 spiro atoms. The molecule has 0 aromatic heterocycles. The molecule has 0 atom stereocenters. The average molecular weight is 422 g/mol. The van der Waals surface area contributed by atoms with Crippen molar-refractivity contribution in [2.45, 2.75) is 25.8 Å². The predicted octanol–water partition coefficient (Wildman–Crippen LogP) is 2.04. The zero-order valence-corrected chi connectivity index (χ0v) is 17.3. The standard InChI is InChI=1S/C19H23FN4O4S/c1-5-16(29(26,27)23-19(3)11-28-12-19)10-24(4)13(2)18(25)22-15-6-7-17(20)14(8-15)9-21/h6-8,10,23H,2,5,11-12H2,1,3-4H3,(H,22,25)/b16-10+. The van der Waals surface area contributed by atoms with Crippen LogP contribution in [0.2, 0.25) is 0 Å². The second-order valence-electron chi connectivity index (χ2n) is 6.93. The van der Waals surface area contributed by atoms with Gasteiger partial charge in [0.2, 0.25) is 10.0 Å². The van der Waals surface area contributed by atoms with Gasteiger partial charge in [-0.25, -0.2) is 17.5 Å². The molecule has 1 saturated heterocycles. The van der Waals surface area contributed by atoms with E-state index in [0.29, 0.717) is 0 Å². The van der Waals surface area contributed by atoms with Gasteiger partial charge in [0.05, 0.1) is 34.9 Å². The first-order chi connectivity index (χ1) is 13.5. The van der Waals surface area contributed by atoms with Crippen LogP contribution in [0.25, 0.3) is 0 Å². The molecule has 2 N–H and O–H groups in total. The van der Waals surface area contributed by atoms with Gasteiger partial charge in [0.15, 0.2) is 0 Å². The van der Waals surface area contributed by atoms with Crippen LogP contribution in [0.15, 0.2) is 41.6 Å². The summed E-state index contributed by atoms with van der Waals surface area (Å²) in [4.78, 5) is 13.8. The Balaban J connectivity index is 2.12. The minimum Gasteiger partial charge on any atom is -0.377 e. The topological polar surface area (TPSA) is 112 Å². The Morgan fingerprint density at radius 2 is 2.14 bits per heavy atom. The number of sulfonamides is 1. The van der Waals surface area contributed by atoms with Crippen molar-refractivity contribution in [1.82, 2.24) is 9.62 Å². The molecule has 2 rings (SSSR count). The fourth-order valence-corrected chi connectivity index (χ4v) is 4.13. The van der Waals surface area contributed by atoms with Crippen LogP contribution in [0.3, 0.4) is 0 Å². The second kappa shape index (κ2) is 8.73. The zero-order valence-electron chi connectivity index (χ0n) is 16.5. The van der Waals surface area contributed by atoms with Gasteiger partial charge in [-0.05, 0) is 31.5 Å². The quantitative estimate of drug-likeness (QED) is 0.620. The third-order valence-corrected chi connectivity index (χ3v) is 6.13.